The van der Waals surface area contributed by atoms with Gasteiger partial charge >= 0.3 is 0 Å². The van der Waals surface area contributed by atoms with E-state index < -0.39 is 0 Å². The van der Waals surface area contributed by atoms with Gasteiger partial charge < -0.3 is 4.90 Å². The van der Waals surface area contributed by atoms with Crippen molar-refractivity contribution in [1.82, 2.24) is 4.90 Å². The molecule has 0 aromatic heterocycles. The van der Waals surface area contributed by atoms with E-state index in [-0.39, 0.29) is 0 Å². The van der Waals surface area contributed by atoms with Crippen molar-refractivity contribution in [3.05, 3.63) is 35.4 Å². The second-order valence-electron chi connectivity index (χ2n) is 7.01. The summed E-state index contributed by atoms with van der Waals surface area (Å²) in [5.41, 5.74) is 2.96. The van der Waals surface area contributed by atoms with Gasteiger partial charge in [0.25, 0.3) is 0 Å². The minimum Gasteiger partial charge on any atom is -0.306 e. The molecule has 1 aromatic rings. The zero-order valence-electron chi connectivity index (χ0n) is 14.2. The molecule has 1 rings (SSSR count). The summed E-state index contributed by atoms with van der Waals surface area (Å²) in [7, 11) is 2.22. The Labute approximate surface area is 126 Å². The summed E-state index contributed by atoms with van der Waals surface area (Å²) < 4.78 is 0. The first-order chi connectivity index (χ1) is 9.47. The minimum atomic E-state index is 0.753. The van der Waals surface area contributed by atoms with E-state index in [2.05, 4.69) is 63.9 Å². The summed E-state index contributed by atoms with van der Waals surface area (Å²) in [6.07, 6.45) is 5.04. The third-order valence-corrected chi connectivity index (χ3v) is 3.73. The van der Waals surface area contributed by atoms with E-state index in [4.69, 9.17) is 0 Å². The molecule has 0 saturated carbocycles. The van der Waals surface area contributed by atoms with Gasteiger partial charge in [-0.3, -0.25) is 0 Å². The number of hydrogen-bond donors (Lipinski definition) is 0. The lowest BCUT2D eigenvalue weighted by Crippen LogP contribution is -2.25. The number of likely N-dealkylation sites (N-methyl/N-ethyl adjacent to an activating group) is 1. The van der Waals surface area contributed by atoms with Gasteiger partial charge in [0.1, 0.15) is 0 Å². The Bertz CT molecular complexity index is 351. The molecule has 0 aliphatic carbocycles. The molecule has 0 unspecified atom stereocenters. The molecule has 0 aliphatic heterocycles. The Morgan fingerprint density at radius 3 is 1.90 bits per heavy atom. The van der Waals surface area contributed by atoms with E-state index in [9.17, 15) is 0 Å². The Balaban J connectivity index is 2.31. The van der Waals surface area contributed by atoms with Crippen LogP contribution in [-0.2, 0) is 12.8 Å². The Hall–Kier alpha value is -0.820. The first-order valence-corrected chi connectivity index (χ1v) is 8.23. The van der Waals surface area contributed by atoms with Crippen molar-refractivity contribution in [3.8, 4) is 0 Å². The van der Waals surface area contributed by atoms with Crippen LogP contribution in [0.1, 0.15) is 51.7 Å². The van der Waals surface area contributed by atoms with E-state index in [0.29, 0.717) is 0 Å². The highest BCUT2D eigenvalue weighted by molar-refractivity contribution is 5.22. The molecule has 0 fully saturated rings. The fourth-order valence-corrected chi connectivity index (χ4v) is 2.62. The van der Waals surface area contributed by atoms with Gasteiger partial charge in [-0.05, 0) is 49.3 Å². The monoisotopic (exact) mass is 275 g/mol. The molecule has 0 heterocycles. The third kappa shape index (κ3) is 7.69. The van der Waals surface area contributed by atoms with Gasteiger partial charge in [-0.15, -0.1) is 0 Å². The molecule has 0 saturated heterocycles. The first kappa shape index (κ1) is 17.2. The summed E-state index contributed by atoms with van der Waals surface area (Å²) >= 11 is 0. The SMILES string of the molecule is CC(C)CCCc1ccc(CCN(C)CC(C)C)cc1. The number of aryl methyl sites for hydroxylation is 1. The molecule has 0 amide bonds. The fourth-order valence-electron chi connectivity index (χ4n) is 2.62. The molecule has 0 bridgehead atoms. The summed E-state index contributed by atoms with van der Waals surface area (Å²) in [6.45, 7) is 11.5. The van der Waals surface area contributed by atoms with Crippen LogP contribution < -0.4 is 0 Å². The molecule has 0 atom stereocenters. The topological polar surface area (TPSA) is 3.24 Å². The first-order valence-electron chi connectivity index (χ1n) is 8.23. The molecule has 0 spiro atoms. The highest BCUT2D eigenvalue weighted by atomic mass is 15.1. The average molecular weight is 275 g/mol. The van der Waals surface area contributed by atoms with Gasteiger partial charge in [-0.25, -0.2) is 0 Å². The maximum absolute atomic E-state index is 2.43. The van der Waals surface area contributed by atoms with E-state index in [1.165, 1.54) is 36.9 Å². The lowest BCUT2D eigenvalue weighted by atomic mass is 10.0. The second kappa shape index (κ2) is 9.18. The Morgan fingerprint density at radius 2 is 1.40 bits per heavy atom. The zero-order valence-corrected chi connectivity index (χ0v) is 14.2. The van der Waals surface area contributed by atoms with Crippen LogP contribution in [0, 0.1) is 11.8 Å². The zero-order chi connectivity index (χ0) is 15.0. The van der Waals surface area contributed by atoms with Gasteiger partial charge in [-0.1, -0.05) is 58.4 Å². The van der Waals surface area contributed by atoms with Crippen LogP contribution in [0.25, 0.3) is 0 Å². The van der Waals surface area contributed by atoms with Crippen molar-refractivity contribution in [2.24, 2.45) is 11.8 Å². The molecule has 1 heteroatoms. The third-order valence-electron chi connectivity index (χ3n) is 3.73. The number of rotatable bonds is 9. The molecule has 20 heavy (non-hydrogen) atoms. The van der Waals surface area contributed by atoms with Crippen LogP contribution in [0.3, 0.4) is 0 Å². The molecular formula is C19H33N. The summed E-state index contributed by atoms with van der Waals surface area (Å²) in [6, 6.07) is 9.26. The maximum atomic E-state index is 2.43. The number of hydrogen-bond acceptors (Lipinski definition) is 1. The van der Waals surface area contributed by atoms with E-state index in [0.717, 1.165) is 24.8 Å². The van der Waals surface area contributed by atoms with Gasteiger partial charge in [-0.2, -0.15) is 0 Å². The highest BCUT2D eigenvalue weighted by Gasteiger charge is 2.02. The predicted octanol–water partition coefficient (Wildman–Crippen LogP) is 4.80. The van der Waals surface area contributed by atoms with E-state index in [1.54, 1.807) is 0 Å². The van der Waals surface area contributed by atoms with E-state index in [1.807, 2.05) is 0 Å². The quantitative estimate of drug-likeness (QED) is 0.626. The van der Waals surface area contributed by atoms with Crippen LogP contribution >= 0.6 is 0 Å². The Morgan fingerprint density at radius 1 is 0.850 bits per heavy atom. The standard InChI is InChI=1S/C19H33N/c1-16(2)7-6-8-18-9-11-19(12-10-18)13-14-20(5)15-17(3)4/h9-12,16-17H,6-8,13-15H2,1-5H3. The van der Waals surface area contributed by atoms with Gasteiger partial charge in [0.05, 0.1) is 0 Å². The average Bonchev–Trinajstić information content (AvgIpc) is 2.36. The summed E-state index contributed by atoms with van der Waals surface area (Å²) in [5.74, 6) is 1.58. The van der Waals surface area contributed by atoms with Crippen molar-refractivity contribution in [1.29, 1.82) is 0 Å². The molecule has 114 valence electrons. The molecule has 1 nitrogen and oxygen atoms in total. The largest absolute Gasteiger partial charge is 0.306 e. The highest BCUT2D eigenvalue weighted by Crippen LogP contribution is 2.12. The molecule has 0 N–H and O–H groups in total. The normalized spacial score (nSPS) is 11.8. The number of nitrogens with zero attached hydrogens (tertiary/aromatic N) is 1. The molecule has 1 aromatic carbocycles. The lowest BCUT2D eigenvalue weighted by Gasteiger charge is -2.18. The molecule has 0 aliphatic rings. The predicted molar refractivity (Wildman–Crippen MR) is 90.3 cm³/mol. The van der Waals surface area contributed by atoms with Crippen molar-refractivity contribution in [3.63, 3.8) is 0 Å². The Kier molecular flexibility index (Phi) is 7.91. The van der Waals surface area contributed by atoms with Crippen LogP contribution in [0.2, 0.25) is 0 Å². The van der Waals surface area contributed by atoms with Crippen LogP contribution in [0.4, 0.5) is 0 Å². The van der Waals surface area contributed by atoms with Gasteiger partial charge in [0.15, 0.2) is 0 Å². The molecular weight excluding hydrogens is 242 g/mol. The van der Waals surface area contributed by atoms with Crippen LogP contribution in [0.5, 0.6) is 0 Å². The lowest BCUT2D eigenvalue weighted by molar-refractivity contribution is 0.299. The maximum Gasteiger partial charge on any atom is 0.00189 e. The van der Waals surface area contributed by atoms with Crippen molar-refractivity contribution in [2.75, 3.05) is 20.1 Å². The second-order valence-corrected chi connectivity index (χ2v) is 7.01. The fraction of sp³-hybridized carbons (Fsp3) is 0.684. The number of benzene rings is 1. The van der Waals surface area contributed by atoms with Crippen molar-refractivity contribution < 1.29 is 0 Å². The van der Waals surface area contributed by atoms with Gasteiger partial charge in [0, 0.05) is 13.1 Å². The van der Waals surface area contributed by atoms with E-state index >= 15 is 0 Å². The van der Waals surface area contributed by atoms with Crippen molar-refractivity contribution in [2.45, 2.75) is 53.4 Å². The van der Waals surface area contributed by atoms with Gasteiger partial charge in [0.2, 0.25) is 0 Å². The minimum absolute atomic E-state index is 0.753. The summed E-state index contributed by atoms with van der Waals surface area (Å²) in [4.78, 5) is 2.43. The van der Waals surface area contributed by atoms with Crippen LogP contribution in [0.15, 0.2) is 24.3 Å². The smallest absolute Gasteiger partial charge is 0.00189 e. The summed E-state index contributed by atoms with van der Waals surface area (Å²) in [5, 5.41) is 0. The molecule has 0 radical (unpaired) electrons. The van der Waals surface area contributed by atoms with Crippen molar-refractivity contribution >= 4 is 0 Å². The van der Waals surface area contributed by atoms with Crippen LogP contribution in [-0.4, -0.2) is 25.0 Å².